The first-order valence-electron chi connectivity index (χ1n) is 6.90. The molecule has 1 unspecified atom stereocenters. The van der Waals surface area contributed by atoms with Crippen LogP contribution in [0.15, 0.2) is 46.9 Å². The Kier molecular flexibility index (Phi) is 5.65. The summed E-state index contributed by atoms with van der Waals surface area (Å²) in [7, 11) is 1.62. The third kappa shape index (κ3) is 3.99. The number of aliphatic hydroxyl groups is 1. The fourth-order valence-electron chi connectivity index (χ4n) is 2.04. The van der Waals surface area contributed by atoms with Crippen LogP contribution in [-0.2, 0) is 0 Å². The van der Waals surface area contributed by atoms with Crippen LogP contribution in [0.4, 0.5) is 0 Å². The lowest BCUT2D eigenvalue weighted by Gasteiger charge is -2.14. The maximum atomic E-state index is 10.5. The fourth-order valence-corrected chi connectivity index (χ4v) is 2.60. The number of rotatable bonds is 6. The Bertz CT molecular complexity index is 598. The van der Waals surface area contributed by atoms with Gasteiger partial charge >= 0.3 is 0 Å². The van der Waals surface area contributed by atoms with Crippen molar-refractivity contribution in [1.82, 2.24) is 0 Å². The summed E-state index contributed by atoms with van der Waals surface area (Å²) in [4.78, 5) is 0. The van der Waals surface area contributed by atoms with Crippen LogP contribution >= 0.6 is 15.9 Å². The Morgan fingerprint density at radius 2 is 1.90 bits per heavy atom. The van der Waals surface area contributed by atoms with Gasteiger partial charge in [-0.1, -0.05) is 25.1 Å². The molecule has 0 saturated heterocycles. The van der Waals surface area contributed by atoms with Crippen LogP contribution in [-0.4, -0.2) is 18.8 Å². The number of ether oxygens (including phenoxy) is 2. The smallest absolute Gasteiger partial charge is 0.133 e. The molecule has 112 valence electrons. The first kappa shape index (κ1) is 15.9. The van der Waals surface area contributed by atoms with Crippen molar-refractivity contribution in [2.75, 3.05) is 13.7 Å². The Hall–Kier alpha value is -1.52. The number of hydrogen-bond donors (Lipinski definition) is 1. The molecular weight excluding hydrogens is 332 g/mol. The van der Waals surface area contributed by atoms with Gasteiger partial charge in [0.25, 0.3) is 0 Å². The van der Waals surface area contributed by atoms with E-state index in [1.165, 1.54) is 0 Å². The number of benzene rings is 2. The molecule has 0 radical (unpaired) electrons. The summed E-state index contributed by atoms with van der Waals surface area (Å²) in [5.74, 6) is 1.52. The Balaban J connectivity index is 2.22. The van der Waals surface area contributed by atoms with Crippen molar-refractivity contribution in [3.05, 3.63) is 58.1 Å². The van der Waals surface area contributed by atoms with Gasteiger partial charge in [-0.3, -0.25) is 0 Å². The van der Waals surface area contributed by atoms with Crippen molar-refractivity contribution in [2.45, 2.75) is 19.4 Å². The molecule has 0 aliphatic rings. The van der Waals surface area contributed by atoms with Gasteiger partial charge in [0.05, 0.1) is 18.2 Å². The zero-order valence-electron chi connectivity index (χ0n) is 12.2. The van der Waals surface area contributed by atoms with Crippen molar-refractivity contribution in [3.63, 3.8) is 0 Å². The van der Waals surface area contributed by atoms with Crippen LogP contribution in [0.2, 0.25) is 0 Å². The highest BCUT2D eigenvalue weighted by Crippen LogP contribution is 2.31. The predicted molar refractivity (Wildman–Crippen MR) is 87.0 cm³/mol. The number of methoxy groups -OCH3 is 1. The van der Waals surface area contributed by atoms with E-state index in [9.17, 15) is 5.11 Å². The molecule has 0 bridgehead atoms. The van der Waals surface area contributed by atoms with Crippen LogP contribution in [0.1, 0.15) is 30.6 Å². The summed E-state index contributed by atoms with van der Waals surface area (Å²) in [6.07, 6.45) is 0.260. The molecule has 3 nitrogen and oxygen atoms in total. The zero-order valence-corrected chi connectivity index (χ0v) is 13.8. The zero-order chi connectivity index (χ0) is 15.2. The summed E-state index contributed by atoms with van der Waals surface area (Å²) >= 11 is 3.44. The van der Waals surface area contributed by atoms with Crippen molar-refractivity contribution in [2.24, 2.45) is 0 Å². The van der Waals surface area contributed by atoms with Crippen molar-refractivity contribution in [3.8, 4) is 11.5 Å². The lowest BCUT2D eigenvalue weighted by Crippen LogP contribution is -2.01. The molecule has 0 heterocycles. The normalized spacial score (nSPS) is 12.0. The lowest BCUT2D eigenvalue weighted by molar-refractivity contribution is 0.219. The maximum Gasteiger partial charge on any atom is 0.133 e. The Morgan fingerprint density at radius 1 is 1.14 bits per heavy atom. The average molecular weight is 351 g/mol. The lowest BCUT2D eigenvalue weighted by atomic mass is 10.0. The van der Waals surface area contributed by atoms with Crippen molar-refractivity contribution in [1.29, 1.82) is 0 Å². The van der Waals surface area contributed by atoms with Gasteiger partial charge in [0.15, 0.2) is 0 Å². The average Bonchev–Trinajstić information content (AvgIpc) is 2.52. The van der Waals surface area contributed by atoms with Gasteiger partial charge in [0, 0.05) is 0 Å². The van der Waals surface area contributed by atoms with Crippen LogP contribution in [0.5, 0.6) is 11.5 Å². The predicted octanol–water partition coefficient (Wildman–Crippen LogP) is 4.33. The third-order valence-corrected chi connectivity index (χ3v) is 3.76. The minimum absolute atomic E-state index is 0.674. The topological polar surface area (TPSA) is 38.7 Å². The second-order valence-electron chi connectivity index (χ2n) is 4.72. The van der Waals surface area contributed by atoms with Gasteiger partial charge in [-0.05, 0) is 57.7 Å². The van der Waals surface area contributed by atoms with Crippen LogP contribution in [0, 0.1) is 0 Å². The van der Waals surface area contributed by atoms with Gasteiger partial charge in [-0.15, -0.1) is 0 Å². The molecular formula is C17H19BrO3. The van der Waals surface area contributed by atoms with Crippen LogP contribution in [0.3, 0.4) is 0 Å². The van der Waals surface area contributed by atoms with E-state index in [1.54, 1.807) is 7.11 Å². The van der Waals surface area contributed by atoms with E-state index in [0.29, 0.717) is 6.61 Å². The van der Waals surface area contributed by atoms with Crippen molar-refractivity contribution < 1.29 is 14.6 Å². The van der Waals surface area contributed by atoms with E-state index in [0.717, 1.165) is 33.5 Å². The van der Waals surface area contributed by atoms with E-state index in [2.05, 4.69) is 22.9 Å². The number of halogens is 1. The Morgan fingerprint density at radius 3 is 2.57 bits per heavy atom. The minimum Gasteiger partial charge on any atom is -0.496 e. The van der Waals surface area contributed by atoms with Crippen LogP contribution in [0.25, 0.3) is 0 Å². The van der Waals surface area contributed by atoms with E-state index >= 15 is 0 Å². The second kappa shape index (κ2) is 7.48. The number of aliphatic hydroxyl groups excluding tert-OH is 1. The summed E-state index contributed by atoms with van der Waals surface area (Å²) < 4.78 is 11.6. The quantitative estimate of drug-likeness (QED) is 0.842. The van der Waals surface area contributed by atoms with Gasteiger partial charge in [0.1, 0.15) is 17.6 Å². The summed E-state index contributed by atoms with van der Waals surface area (Å²) in [6, 6.07) is 13.1. The molecule has 0 amide bonds. The van der Waals surface area contributed by atoms with E-state index in [4.69, 9.17) is 9.47 Å². The second-order valence-corrected chi connectivity index (χ2v) is 5.57. The highest BCUT2D eigenvalue weighted by molar-refractivity contribution is 9.10. The monoisotopic (exact) mass is 350 g/mol. The number of hydrogen-bond acceptors (Lipinski definition) is 3. The molecule has 0 aliphatic carbocycles. The third-order valence-electron chi connectivity index (χ3n) is 3.14. The molecule has 1 N–H and O–H groups in total. The van der Waals surface area contributed by atoms with Crippen molar-refractivity contribution >= 4 is 15.9 Å². The minimum atomic E-state index is -0.697. The molecule has 0 saturated carbocycles. The first-order chi connectivity index (χ1) is 10.2. The molecule has 21 heavy (non-hydrogen) atoms. The molecule has 2 aromatic rings. The standard InChI is InChI=1S/C17H19BrO3/c1-3-9-21-14-6-4-5-12(10-14)17(19)13-7-8-16(20-2)15(18)11-13/h4-8,10-11,17,19H,3,9H2,1-2H3. The van der Waals surface area contributed by atoms with Gasteiger partial charge in [0.2, 0.25) is 0 Å². The van der Waals surface area contributed by atoms with E-state index < -0.39 is 6.10 Å². The summed E-state index contributed by atoms with van der Waals surface area (Å²) in [6.45, 7) is 2.74. The molecule has 2 rings (SSSR count). The van der Waals surface area contributed by atoms with E-state index in [-0.39, 0.29) is 0 Å². The van der Waals surface area contributed by atoms with E-state index in [1.807, 2.05) is 42.5 Å². The molecule has 0 aliphatic heterocycles. The van der Waals surface area contributed by atoms with Crippen LogP contribution < -0.4 is 9.47 Å². The summed E-state index contributed by atoms with van der Waals surface area (Å²) in [5.41, 5.74) is 1.61. The molecule has 4 heteroatoms. The SMILES string of the molecule is CCCOc1cccc(C(O)c2ccc(OC)c(Br)c2)c1. The highest BCUT2D eigenvalue weighted by Gasteiger charge is 2.13. The van der Waals surface area contributed by atoms with Gasteiger partial charge < -0.3 is 14.6 Å². The maximum absolute atomic E-state index is 10.5. The molecule has 0 spiro atoms. The highest BCUT2D eigenvalue weighted by atomic mass is 79.9. The molecule has 0 aromatic heterocycles. The Labute approximate surface area is 133 Å². The van der Waals surface area contributed by atoms with Gasteiger partial charge in [-0.2, -0.15) is 0 Å². The molecule has 0 fully saturated rings. The fraction of sp³-hybridized carbons (Fsp3) is 0.294. The largest absolute Gasteiger partial charge is 0.496 e. The molecule has 2 aromatic carbocycles. The molecule has 1 atom stereocenters. The van der Waals surface area contributed by atoms with Gasteiger partial charge in [-0.25, -0.2) is 0 Å². The summed E-state index contributed by atoms with van der Waals surface area (Å²) in [5, 5.41) is 10.5. The first-order valence-corrected chi connectivity index (χ1v) is 7.69.